The Kier molecular flexibility index (Phi) is 3.46. The van der Waals surface area contributed by atoms with Crippen molar-refractivity contribution in [1.82, 2.24) is 0 Å². The summed E-state index contributed by atoms with van der Waals surface area (Å²) >= 11 is 0. The van der Waals surface area contributed by atoms with Crippen molar-refractivity contribution >= 4 is 11.4 Å². The third-order valence-electron chi connectivity index (χ3n) is 3.92. The Morgan fingerprint density at radius 2 is 2.12 bits per heavy atom. The van der Waals surface area contributed by atoms with Gasteiger partial charge in [0.25, 0.3) is 0 Å². The number of methoxy groups -OCH3 is 1. The van der Waals surface area contributed by atoms with Gasteiger partial charge in [-0.1, -0.05) is 6.92 Å². The SMILES string of the molecule is COc1ccc(N)c(N2CCCC(C)C2C)c1. The number of nitrogen functional groups attached to an aromatic ring is 1. The summed E-state index contributed by atoms with van der Waals surface area (Å²) in [6, 6.07) is 6.43. The van der Waals surface area contributed by atoms with E-state index in [1.165, 1.54) is 12.8 Å². The summed E-state index contributed by atoms with van der Waals surface area (Å²) in [6.45, 7) is 5.68. The van der Waals surface area contributed by atoms with Crippen LogP contribution in [0.15, 0.2) is 18.2 Å². The molecule has 0 radical (unpaired) electrons. The van der Waals surface area contributed by atoms with E-state index in [1.54, 1.807) is 7.11 Å². The molecule has 1 aliphatic rings. The molecule has 2 N–H and O–H groups in total. The maximum Gasteiger partial charge on any atom is 0.121 e. The highest BCUT2D eigenvalue weighted by molar-refractivity contribution is 5.70. The first-order valence-corrected chi connectivity index (χ1v) is 6.33. The number of piperidine rings is 1. The van der Waals surface area contributed by atoms with E-state index in [4.69, 9.17) is 10.5 Å². The van der Waals surface area contributed by atoms with Crippen molar-refractivity contribution in [2.75, 3.05) is 24.3 Å². The zero-order valence-electron chi connectivity index (χ0n) is 10.9. The predicted molar refractivity (Wildman–Crippen MR) is 72.6 cm³/mol. The standard InChI is InChI=1S/C14H22N2O/c1-10-5-4-8-16(11(10)2)14-9-12(17-3)6-7-13(14)15/h6-7,9-11H,4-5,8,15H2,1-3H3. The van der Waals surface area contributed by atoms with Crippen LogP contribution < -0.4 is 15.4 Å². The number of anilines is 2. The fourth-order valence-corrected chi connectivity index (χ4v) is 2.57. The van der Waals surface area contributed by atoms with Crippen molar-refractivity contribution in [1.29, 1.82) is 0 Å². The van der Waals surface area contributed by atoms with E-state index in [9.17, 15) is 0 Å². The van der Waals surface area contributed by atoms with Gasteiger partial charge in [0.2, 0.25) is 0 Å². The summed E-state index contributed by atoms with van der Waals surface area (Å²) in [7, 11) is 1.69. The van der Waals surface area contributed by atoms with Gasteiger partial charge in [0.1, 0.15) is 5.75 Å². The first kappa shape index (κ1) is 12.1. The molecule has 1 saturated heterocycles. The molecule has 3 nitrogen and oxygen atoms in total. The second-order valence-electron chi connectivity index (χ2n) is 4.98. The van der Waals surface area contributed by atoms with Crippen molar-refractivity contribution in [3.8, 4) is 5.75 Å². The Morgan fingerprint density at radius 1 is 1.35 bits per heavy atom. The highest BCUT2D eigenvalue weighted by Crippen LogP contribution is 2.34. The third kappa shape index (κ3) is 2.33. The van der Waals surface area contributed by atoms with Crippen molar-refractivity contribution < 1.29 is 4.74 Å². The van der Waals surface area contributed by atoms with Gasteiger partial charge in [0.05, 0.1) is 18.5 Å². The van der Waals surface area contributed by atoms with Gasteiger partial charge in [-0.15, -0.1) is 0 Å². The van der Waals surface area contributed by atoms with Crippen LogP contribution in [-0.2, 0) is 0 Å². The molecule has 17 heavy (non-hydrogen) atoms. The lowest BCUT2D eigenvalue weighted by molar-refractivity contribution is 0.363. The number of nitrogens with two attached hydrogens (primary N) is 1. The smallest absolute Gasteiger partial charge is 0.121 e. The fourth-order valence-electron chi connectivity index (χ4n) is 2.57. The average molecular weight is 234 g/mol. The van der Waals surface area contributed by atoms with Crippen LogP contribution >= 0.6 is 0 Å². The number of hydrogen-bond acceptors (Lipinski definition) is 3. The molecule has 0 bridgehead atoms. The van der Waals surface area contributed by atoms with Crippen LogP contribution in [-0.4, -0.2) is 19.7 Å². The molecule has 0 aromatic heterocycles. The average Bonchev–Trinajstić information content (AvgIpc) is 2.34. The van der Waals surface area contributed by atoms with Gasteiger partial charge in [-0.05, 0) is 37.8 Å². The molecule has 1 aromatic carbocycles. The molecule has 2 atom stereocenters. The number of rotatable bonds is 2. The monoisotopic (exact) mass is 234 g/mol. The Hall–Kier alpha value is -1.38. The summed E-state index contributed by atoms with van der Waals surface area (Å²) in [5, 5.41) is 0. The van der Waals surface area contributed by atoms with Crippen LogP contribution in [0.2, 0.25) is 0 Å². The lowest BCUT2D eigenvalue weighted by Crippen LogP contribution is -2.42. The molecular weight excluding hydrogens is 212 g/mol. The van der Waals surface area contributed by atoms with Crippen LogP contribution in [0.25, 0.3) is 0 Å². The maximum absolute atomic E-state index is 6.09. The lowest BCUT2D eigenvalue weighted by atomic mass is 9.91. The summed E-state index contributed by atoms with van der Waals surface area (Å²) in [4.78, 5) is 2.41. The molecule has 1 aliphatic heterocycles. The Morgan fingerprint density at radius 3 is 2.82 bits per heavy atom. The van der Waals surface area contributed by atoms with Crippen molar-refractivity contribution in [3.63, 3.8) is 0 Å². The number of ether oxygens (including phenoxy) is 1. The summed E-state index contributed by atoms with van der Waals surface area (Å²) < 4.78 is 5.28. The minimum atomic E-state index is 0.540. The van der Waals surface area contributed by atoms with Gasteiger partial charge >= 0.3 is 0 Å². The van der Waals surface area contributed by atoms with Gasteiger partial charge in [0.15, 0.2) is 0 Å². The normalized spacial score (nSPS) is 24.8. The molecule has 94 valence electrons. The van der Waals surface area contributed by atoms with Crippen molar-refractivity contribution in [2.24, 2.45) is 5.92 Å². The van der Waals surface area contributed by atoms with Crippen LogP contribution in [0.5, 0.6) is 5.75 Å². The lowest BCUT2D eigenvalue weighted by Gasteiger charge is -2.40. The quantitative estimate of drug-likeness (QED) is 0.800. The van der Waals surface area contributed by atoms with Gasteiger partial charge in [0, 0.05) is 18.7 Å². The number of hydrogen-bond donors (Lipinski definition) is 1. The second kappa shape index (κ2) is 4.86. The number of benzene rings is 1. The van der Waals surface area contributed by atoms with Crippen molar-refractivity contribution in [3.05, 3.63) is 18.2 Å². The van der Waals surface area contributed by atoms with E-state index in [1.807, 2.05) is 18.2 Å². The summed E-state index contributed by atoms with van der Waals surface area (Å²) in [6.07, 6.45) is 2.55. The molecule has 0 spiro atoms. The highest BCUT2D eigenvalue weighted by Gasteiger charge is 2.26. The van der Waals surface area contributed by atoms with E-state index < -0.39 is 0 Å². The Bertz CT molecular complexity index is 392. The van der Waals surface area contributed by atoms with E-state index in [2.05, 4.69) is 18.7 Å². The highest BCUT2D eigenvalue weighted by atomic mass is 16.5. The van der Waals surface area contributed by atoms with Gasteiger partial charge < -0.3 is 15.4 Å². The second-order valence-corrected chi connectivity index (χ2v) is 4.98. The topological polar surface area (TPSA) is 38.5 Å². The fraction of sp³-hybridized carbons (Fsp3) is 0.571. The largest absolute Gasteiger partial charge is 0.497 e. The Balaban J connectivity index is 2.31. The molecule has 0 amide bonds. The van der Waals surface area contributed by atoms with Gasteiger partial charge in [-0.3, -0.25) is 0 Å². The summed E-state index contributed by atoms with van der Waals surface area (Å²) in [5.41, 5.74) is 8.04. The molecule has 1 fully saturated rings. The molecule has 2 rings (SSSR count). The zero-order valence-corrected chi connectivity index (χ0v) is 10.9. The molecule has 0 aliphatic carbocycles. The number of nitrogens with zero attached hydrogens (tertiary/aromatic N) is 1. The van der Waals surface area contributed by atoms with Crippen LogP contribution in [0.1, 0.15) is 26.7 Å². The predicted octanol–water partition coefficient (Wildman–Crippen LogP) is 2.90. The molecular formula is C14H22N2O. The zero-order chi connectivity index (χ0) is 12.4. The first-order chi connectivity index (χ1) is 8.13. The first-order valence-electron chi connectivity index (χ1n) is 6.33. The maximum atomic E-state index is 6.09. The molecule has 1 heterocycles. The van der Waals surface area contributed by atoms with E-state index in [0.717, 1.165) is 23.7 Å². The molecule has 1 aromatic rings. The minimum absolute atomic E-state index is 0.540. The van der Waals surface area contributed by atoms with E-state index >= 15 is 0 Å². The van der Waals surface area contributed by atoms with Crippen molar-refractivity contribution in [2.45, 2.75) is 32.7 Å². The molecule has 2 unspecified atom stereocenters. The molecule has 3 heteroatoms. The van der Waals surface area contributed by atoms with Crippen LogP contribution in [0.3, 0.4) is 0 Å². The van der Waals surface area contributed by atoms with Gasteiger partial charge in [-0.25, -0.2) is 0 Å². The van der Waals surface area contributed by atoms with Crippen LogP contribution in [0, 0.1) is 5.92 Å². The van der Waals surface area contributed by atoms with Gasteiger partial charge in [-0.2, -0.15) is 0 Å². The molecule has 0 saturated carbocycles. The van der Waals surface area contributed by atoms with Crippen LogP contribution in [0.4, 0.5) is 11.4 Å². The minimum Gasteiger partial charge on any atom is -0.497 e. The summed E-state index contributed by atoms with van der Waals surface area (Å²) in [5.74, 6) is 1.59. The third-order valence-corrected chi connectivity index (χ3v) is 3.92. The van der Waals surface area contributed by atoms with E-state index in [-0.39, 0.29) is 0 Å². The van der Waals surface area contributed by atoms with E-state index in [0.29, 0.717) is 12.0 Å². The Labute approximate surface area is 104 Å².